The first-order chi connectivity index (χ1) is 8.57. The molecule has 2 heterocycles. The molecular weight excluding hydrogens is 250 g/mol. The Morgan fingerprint density at radius 2 is 2.17 bits per heavy atom. The van der Waals surface area contributed by atoms with Crippen LogP contribution in [0.2, 0.25) is 0 Å². The van der Waals surface area contributed by atoms with Crippen LogP contribution in [0.5, 0.6) is 0 Å². The molecule has 1 aliphatic rings. The van der Waals surface area contributed by atoms with Crippen LogP contribution in [0.25, 0.3) is 0 Å². The maximum Gasteiger partial charge on any atom is 0.233 e. The number of sulfonamides is 1. The van der Waals surface area contributed by atoms with Crippen LogP contribution in [-0.4, -0.2) is 32.2 Å². The molecule has 6 heteroatoms. The van der Waals surface area contributed by atoms with Crippen molar-refractivity contribution >= 4 is 15.7 Å². The Kier molecular flexibility index (Phi) is 4.19. The van der Waals surface area contributed by atoms with E-state index in [-0.39, 0.29) is 11.7 Å². The fraction of sp³-hybridized carbons (Fsp3) is 0.583. The maximum absolute atomic E-state index is 12.1. The molecule has 100 valence electrons. The van der Waals surface area contributed by atoms with Crippen molar-refractivity contribution < 1.29 is 8.42 Å². The molecular formula is C12H19N3O2S. The van der Waals surface area contributed by atoms with Gasteiger partial charge in [-0.25, -0.2) is 8.42 Å². The average molecular weight is 269 g/mol. The third-order valence-electron chi connectivity index (χ3n) is 3.19. The molecule has 1 aromatic rings. The summed E-state index contributed by atoms with van der Waals surface area (Å²) >= 11 is 0. The van der Waals surface area contributed by atoms with E-state index >= 15 is 0 Å². The largest absolute Gasteiger partial charge is 0.317 e. The zero-order chi connectivity index (χ0) is 13.0. The zero-order valence-electron chi connectivity index (χ0n) is 10.5. The normalized spacial score (nSPS) is 17.6. The highest BCUT2D eigenvalue weighted by Gasteiger charge is 2.21. The van der Waals surface area contributed by atoms with Gasteiger partial charge in [0.25, 0.3) is 0 Å². The van der Waals surface area contributed by atoms with Crippen molar-refractivity contribution in [3.8, 4) is 0 Å². The predicted molar refractivity (Wildman–Crippen MR) is 72.0 cm³/mol. The summed E-state index contributed by atoms with van der Waals surface area (Å²) in [5, 5.41) is 3.23. The van der Waals surface area contributed by atoms with E-state index < -0.39 is 10.0 Å². The molecule has 1 saturated heterocycles. The molecule has 0 aromatic carbocycles. The first-order valence-electron chi connectivity index (χ1n) is 6.20. The van der Waals surface area contributed by atoms with Crippen molar-refractivity contribution in [1.82, 2.24) is 10.3 Å². The Hall–Kier alpha value is -1.14. The number of pyridine rings is 1. The van der Waals surface area contributed by atoms with Crippen molar-refractivity contribution in [2.45, 2.75) is 19.8 Å². The molecule has 0 spiro atoms. The molecule has 0 bridgehead atoms. The first-order valence-corrected chi connectivity index (χ1v) is 7.85. The molecule has 0 atom stereocenters. The minimum atomic E-state index is -3.27. The zero-order valence-corrected chi connectivity index (χ0v) is 11.3. The molecule has 18 heavy (non-hydrogen) atoms. The molecule has 1 fully saturated rings. The fourth-order valence-corrected chi connectivity index (χ4v) is 3.75. The molecule has 0 amide bonds. The van der Waals surface area contributed by atoms with E-state index in [9.17, 15) is 8.42 Å². The second kappa shape index (κ2) is 5.67. The Morgan fingerprint density at radius 1 is 1.44 bits per heavy atom. The van der Waals surface area contributed by atoms with Gasteiger partial charge >= 0.3 is 0 Å². The van der Waals surface area contributed by atoms with Gasteiger partial charge in [0.05, 0.1) is 17.1 Å². The summed E-state index contributed by atoms with van der Waals surface area (Å²) in [6.45, 7) is 3.61. The Morgan fingerprint density at radius 3 is 2.83 bits per heavy atom. The molecule has 0 aliphatic carbocycles. The van der Waals surface area contributed by atoms with Crippen LogP contribution in [0.4, 0.5) is 5.69 Å². The van der Waals surface area contributed by atoms with Gasteiger partial charge in [-0.1, -0.05) is 0 Å². The number of nitrogens with one attached hydrogen (secondary N) is 2. The topological polar surface area (TPSA) is 71.1 Å². The van der Waals surface area contributed by atoms with Crippen molar-refractivity contribution in [3.63, 3.8) is 0 Å². The van der Waals surface area contributed by atoms with Crippen molar-refractivity contribution in [3.05, 3.63) is 24.0 Å². The van der Waals surface area contributed by atoms with Gasteiger partial charge in [-0.15, -0.1) is 0 Å². The van der Waals surface area contributed by atoms with Crippen LogP contribution in [0.1, 0.15) is 18.5 Å². The second-order valence-electron chi connectivity index (χ2n) is 4.71. The van der Waals surface area contributed by atoms with Crippen LogP contribution in [0.3, 0.4) is 0 Å². The SMILES string of the molecule is Cc1ncccc1NS(=O)(=O)CC1CCNCC1. The summed E-state index contributed by atoms with van der Waals surface area (Å²) < 4.78 is 26.7. The quantitative estimate of drug-likeness (QED) is 0.859. The van der Waals surface area contributed by atoms with Crippen LogP contribution in [-0.2, 0) is 10.0 Å². The molecule has 1 aromatic heterocycles. The van der Waals surface area contributed by atoms with Gasteiger partial charge in [0.1, 0.15) is 0 Å². The molecule has 5 nitrogen and oxygen atoms in total. The molecule has 1 aliphatic heterocycles. The lowest BCUT2D eigenvalue weighted by Gasteiger charge is -2.22. The predicted octanol–water partition coefficient (Wildman–Crippen LogP) is 1.13. The molecule has 2 N–H and O–H groups in total. The Labute approximate surface area is 108 Å². The number of nitrogens with zero attached hydrogens (tertiary/aromatic N) is 1. The van der Waals surface area contributed by atoms with Crippen LogP contribution in [0, 0.1) is 12.8 Å². The van der Waals surface area contributed by atoms with E-state index in [2.05, 4.69) is 15.0 Å². The van der Waals surface area contributed by atoms with Gasteiger partial charge in [0, 0.05) is 6.20 Å². The summed E-state index contributed by atoms with van der Waals surface area (Å²) in [6.07, 6.45) is 3.50. The van der Waals surface area contributed by atoms with Crippen LogP contribution < -0.4 is 10.0 Å². The van der Waals surface area contributed by atoms with Crippen molar-refractivity contribution in [2.75, 3.05) is 23.6 Å². The third-order valence-corrected chi connectivity index (χ3v) is 4.63. The van der Waals surface area contributed by atoms with E-state index in [1.54, 1.807) is 25.3 Å². The number of piperidine rings is 1. The smallest absolute Gasteiger partial charge is 0.233 e. The van der Waals surface area contributed by atoms with E-state index in [0.29, 0.717) is 11.4 Å². The lowest BCUT2D eigenvalue weighted by Crippen LogP contribution is -2.33. The summed E-state index contributed by atoms with van der Waals surface area (Å²) in [5.41, 5.74) is 1.28. The van der Waals surface area contributed by atoms with Crippen LogP contribution >= 0.6 is 0 Å². The number of hydrogen-bond donors (Lipinski definition) is 2. The number of rotatable bonds is 4. The first kappa shape index (κ1) is 13.3. The lowest BCUT2D eigenvalue weighted by atomic mass is 10.0. The monoisotopic (exact) mass is 269 g/mol. The number of anilines is 1. The summed E-state index contributed by atoms with van der Waals surface area (Å²) in [6, 6.07) is 3.47. The lowest BCUT2D eigenvalue weighted by molar-refractivity contribution is 0.402. The maximum atomic E-state index is 12.1. The van der Waals surface area contributed by atoms with Gasteiger partial charge in [-0.3, -0.25) is 9.71 Å². The standard InChI is InChI=1S/C12H19N3O2S/c1-10-12(3-2-6-14-10)15-18(16,17)9-11-4-7-13-8-5-11/h2-3,6,11,13,15H,4-5,7-9H2,1H3. The minimum Gasteiger partial charge on any atom is -0.317 e. The molecule has 0 unspecified atom stereocenters. The third kappa shape index (κ3) is 3.68. The molecule has 2 rings (SSSR count). The number of hydrogen-bond acceptors (Lipinski definition) is 4. The van der Waals surface area contributed by atoms with E-state index in [4.69, 9.17) is 0 Å². The Balaban J connectivity index is 2.01. The van der Waals surface area contributed by atoms with Gasteiger partial charge in [0.2, 0.25) is 10.0 Å². The average Bonchev–Trinajstić information content (AvgIpc) is 2.32. The molecule has 0 radical (unpaired) electrons. The molecule has 0 saturated carbocycles. The second-order valence-corrected chi connectivity index (χ2v) is 6.48. The number of aryl methyl sites for hydroxylation is 1. The Bertz CT molecular complexity index is 496. The van der Waals surface area contributed by atoms with E-state index in [0.717, 1.165) is 25.9 Å². The summed E-state index contributed by atoms with van der Waals surface area (Å²) in [7, 11) is -3.27. The van der Waals surface area contributed by atoms with Gasteiger partial charge in [-0.05, 0) is 50.9 Å². The minimum absolute atomic E-state index is 0.197. The summed E-state index contributed by atoms with van der Waals surface area (Å²) in [4.78, 5) is 4.07. The van der Waals surface area contributed by atoms with Crippen molar-refractivity contribution in [2.24, 2.45) is 5.92 Å². The summed E-state index contributed by atoms with van der Waals surface area (Å²) in [5.74, 6) is 0.448. The highest BCUT2D eigenvalue weighted by molar-refractivity contribution is 7.92. The fourth-order valence-electron chi connectivity index (χ4n) is 2.16. The highest BCUT2D eigenvalue weighted by Crippen LogP contribution is 2.17. The highest BCUT2D eigenvalue weighted by atomic mass is 32.2. The van der Waals surface area contributed by atoms with Gasteiger partial charge in [-0.2, -0.15) is 0 Å². The van der Waals surface area contributed by atoms with E-state index in [1.807, 2.05) is 0 Å². The van der Waals surface area contributed by atoms with Gasteiger partial charge < -0.3 is 5.32 Å². The van der Waals surface area contributed by atoms with Crippen molar-refractivity contribution in [1.29, 1.82) is 0 Å². The number of aromatic nitrogens is 1. The van der Waals surface area contributed by atoms with E-state index in [1.165, 1.54) is 0 Å². The van der Waals surface area contributed by atoms with Gasteiger partial charge in [0.15, 0.2) is 0 Å². The van der Waals surface area contributed by atoms with Crippen LogP contribution in [0.15, 0.2) is 18.3 Å².